The molecule has 3 aromatic carbocycles. The standard InChI is InChI=1S/C27H23N5/c1-18-12-14-20(15-13-18)26-23(17-31(30-26)21-8-4-3-5-9-21)27-28-24-11-7-6-10-22(24)25-16-19(2)29-32(25)27/h3-17,27-28H,1-2H3/t27-/m0/s1. The van der Waals surface area contributed by atoms with Gasteiger partial charge in [0.05, 0.1) is 22.8 Å². The molecule has 5 aromatic rings. The quantitative estimate of drug-likeness (QED) is 0.392. The predicted octanol–water partition coefficient (Wildman–Crippen LogP) is 5.99. The first-order valence-electron chi connectivity index (χ1n) is 10.8. The van der Waals surface area contributed by atoms with Crippen molar-refractivity contribution in [3.63, 3.8) is 0 Å². The van der Waals surface area contributed by atoms with E-state index in [1.807, 2.05) is 29.8 Å². The molecule has 1 N–H and O–H groups in total. The van der Waals surface area contributed by atoms with E-state index in [9.17, 15) is 0 Å². The fourth-order valence-corrected chi connectivity index (χ4v) is 4.40. The number of benzene rings is 3. The van der Waals surface area contributed by atoms with Gasteiger partial charge in [-0.25, -0.2) is 9.36 Å². The number of hydrogen-bond acceptors (Lipinski definition) is 3. The molecule has 0 aliphatic carbocycles. The van der Waals surface area contributed by atoms with Crippen LogP contribution in [0.2, 0.25) is 0 Å². The van der Waals surface area contributed by atoms with Crippen molar-refractivity contribution in [2.75, 3.05) is 5.32 Å². The molecule has 0 spiro atoms. The van der Waals surface area contributed by atoms with E-state index in [1.54, 1.807) is 0 Å². The van der Waals surface area contributed by atoms with Crippen LogP contribution in [0.15, 0.2) is 91.1 Å². The topological polar surface area (TPSA) is 47.7 Å². The van der Waals surface area contributed by atoms with Crippen LogP contribution in [-0.2, 0) is 0 Å². The van der Waals surface area contributed by atoms with Gasteiger partial charge in [-0.1, -0.05) is 66.2 Å². The zero-order valence-corrected chi connectivity index (χ0v) is 18.0. The zero-order chi connectivity index (χ0) is 21.7. The molecule has 3 heterocycles. The van der Waals surface area contributed by atoms with Gasteiger partial charge in [0, 0.05) is 28.6 Å². The van der Waals surface area contributed by atoms with Gasteiger partial charge in [0.25, 0.3) is 0 Å². The van der Waals surface area contributed by atoms with Gasteiger partial charge in [-0.15, -0.1) is 0 Å². The lowest BCUT2D eigenvalue weighted by Crippen LogP contribution is -2.25. The van der Waals surface area contributed by atoms with Gasteiger partial charge >= 0.3 is 0 Å². The van der Waals surface area contributed by atoms with E-state index >= 15 is 0 Å². The summed E-state index contributed by atoms with van der Waals surface area (Å²) in [5.41, 5.74) is 9.75. The number of fused-ring (bicyclic) bond motifs is 3. The fourth-order valence-electron chi connectivity index (χ4n) is 4.40. The molecule has 0 saturated heterocycles. The maximum atomic E-state index is 5.03. The Hall–Kier alpha value is -4.12. The van der Waals surface area contributed by atoms with Crippen LogP contribution < -0.4 is 5.32 Å². The SMILES string of the molecule is Cc1ccc(-c2nn(-c3ccccc3)cc2[C@H]2Nc3ccccc3-c3cc(C)nn32)cc1. The van der Waals surface area contributed by atoms with Gasteiger partial charge in [0.2, 0.25) is 0 Å². The Morgan fingerprint density at radius 2 is 1.56 bits per heavy atom. The highest BCUT2D eigenvalue weighted by atomic mass is 15.4. The monoisotopic (exact) mass is 417 g/mol. The average molecular weight is 418 g/mol. The Bertz CT molecular complexity index is 1410. The molecular formula is C27H23N5. The summed E-state index contributed by atoms with van der Waals surface area (Å²) >= 11 is 0. The molecule has 156 valence electrons. The summed E-state index contributed by atoms with van der Waals surface area (Å²) in [7, 11) is 0. The first-order chi connectivity index (χ1) is 15.7. The number of nitrogens with zero attached hydrogens (tertiary/aromatic N) is 4. The fraction of sp³-hybridized carbons (Fsp3) is 0.111. The van der Waals surface area contributed by atoms with Gasteiger partial charge in [0.1, 0.15) is 0 Å². The van der Waals surface area contributed by atoms with Crippen molar-refractivity contribution in [3.05, 3.63) is 108 Å². The number of hydrogen-bond donors (Lipinski definition) is 1. The average Bonchev–Trinajstić information content (AvgIpc) is 3.44. The van der Waals surface area contributed by atoms with Crippen LogP contribution >= 0.6 is 0 Å². The Morgan fingerprint density at radius 1 is 0.812 bits per heavy atom. The van der Waals surface area contributed by atoms with Crippen molar-refractivity contribution < 1.29 is 0 Å². The maximum Gasteiger partial charge on any atom is 0.151 e. The van der Waals surface area contributed by atoms with Gasteiger partial charge in [-0.05, 0) is 38.1 Å². The minimum absolute atomic E-state index is 0.164. The number of aryl methyl sites for hydroxylation is 2. The third-order valence-electron chi connectivity index (χ3n) is 5.98. The van der Waals surface area contributed by atoms with E-state index in [-0.39, 0.29) is 6.17 Å². The van der Waals surface area contributed by atoms with E-state index in [1.165, 1.54) is 5.56 Å². The van der Waals surface area contributed by atoms with Gasteiger partial charge in [-0.3, -0.25) is 0 Å². The third-order valence-corrected chi connectivity index (χ3v) is 5.98. The van der Waals surface area contributed by atoms with Gasteiger partial charge in [0.15, 0.2) is 6.17 Å². The molecule has 5 nitrogen and oxygen atoms in total. The largest absolute Gasteiger partial charge is 0.359 e. The number of nitrogens with one attached hydrogen (secondary N) is 1. The summed E-state index contributed by atoms with van der Waals surface area (Å²) < 4.78 is 4.05. The van der Waals surface area contributed by atoms with Crippen molar-refractivity contribution >= 4 is 5.69 Å². The number of anilines is 1. The van der Waals surface area contributed by atoms with E-state index < -0.39 is 0 Å². The second-order valence-corrected chi connectivity index (χ2v) is 8.29. The summed E-state index contributed by atoms with van der Waals surface area (Å²) in [4.78, 5) is 0. The molecule has 0 fully saturated rings. The predicted molar refractivity (Wildman–Crippen MR) is 128 cm³/mol. The number of rotatable bonds is 3. The second kappa shape index (κ2) is 7.24. The Labute approximate surface area is 187 Å². The van der Waals surface area contributed by atoms with Crippen molar-refractivity contribution in [1.82, 2.24) is 19.6 Å². The van der Waals surface area contributed by atoms with Crippen LogP contribution in [0.5, 0.6) is 0 Å². The van der Waals surface area contributed by atoms with E-state index in [0.29, 0.717) is 0 Å². The molecule has 1 atom stereocenters. The molecule has 5 heteroatoms. The number of para-hydroxylation sites is 2. The lowest BCUT2D eigenvalue weighted by Gasteiger charge is -2.29. The summed E-state index contributed by atoms with van der Waals surface area (Å²) in [6.45, 7) is 4.14. The van der Waals surface area contributed by atoms with Crippen LogP contribution in [0, 0.1) is 13.8 Å². The highest BCUT2D eigenvalue weighted by molar-refractivity contribution is 5.79. The van der Waals surface area contributed by atoms with E-state index in [2.05, 4.69) is 89.8 Å². The lowest BCUT2D eigenvalue weighted by atomic mass is 10.0. The third kappa shape index (κ3) is 3.02. The molecule has 0 radical (unpaired) electrons. The molecular weight excluding hydrogens is 394 g/mol. The van der Waals surface area contributed by atoms with Crippen molar-refractivity contribution in [2.45, 2.75) is 20.0 Å². The molecule has 0 saturated carbocycles. The highest BCUT2D eigenvalue weighted by Crippen LogP contribution is 2.40. The molecule has 6 rings (SSSR count). The molecule has 0 bridgehead atoms. The molecule has 1 aliphatic rings. The van der Waals surface area contributed by atoms with Gasteiger partial charge < -0.3 is 5.32 Å². The van der Waals surface area contributed by atoms with Crippen LogP contribution in [0.25, 0.3) is 28.2 Å². The lowest BCUT2D eigenvalue weighted by molar-refractivity contribution is 0.572. The first-order valence-corrected chi connectivity index (χ1v) is 10.8. The van der Waals surface area contributed by atoms with Crippen LogP contribution in [0.3, 0.4) is 0 Å². The Kier molecular flexibility index (Phi) is 4.21. The summed E-state index contributed by atoms with van der Waals surface area (Å²) in [6, 6.07) is 29.3. The van der Waals surface area contributed by atoms with Crippen LogP contribution in [-0.4, -0.2) is 19.6 Å². The van der Waals surface area contributed by atoms with Crippen molar-refractivity contribution in [3.8, 4) is 28.2 Å². The summed E-state index contributed by atoms with van der Waals surface area (Å²) in [5, 5.41) is 13.6. The Morgan fingerprint density at radius 3 is 2.38 bits per heavy atom. The highest BCUT2D eigenvalue weighted by Gasteiger charge is 2.30. The van der Waals surface area contributed by atoms with E-state index in [0.717, 1.165) is 45.1 Å². The molecule has 2 aromatic heterocycles. The minimum atomic E-state index is -0.164. The van der Waals surface area contributed by atoms with Crippen LogP contribution in [0.1, 0.15) is 23.0 Å². The Balaban J connectivity index is 1.56. The second-order valence-electron chi connectivity index (χ2n) is 8.29. The smallest absolute Gasteiger partial charge is 0.151 e. The normalized spacial score (nSPS) is 14.5. The van der Waals surface area contributed by atoms with E-state index in [4.69, 9.17) is 10.2 Å². The van der Waals surface area contributed by atoms with Crippen molar-refractivity contribution in [2.24, 2.45) is 0 Å². The van der Waals surface area contributed by atoms with Gasteiger partial charge in [-0.2, -0.15) is 10.2 Å². The van der Waals surface area contributed by atoms with Crippen LogP contribution in [0.4, 0.5) is 5.69 Å². The minimum Gasteiger partial charge on any atom is -0.359 e. The van der Waals surface area contributed by atoms with Crippen molar-refractivity contribution in [1.29, 1.82) is 0 Å². The maximum absolute atomic E-state index is 5.03. The number of aromatic nitrogens is 4. The summed E-state index contributed by atoms with van der Waals surface area (Å²) in [6.07, 6.45) is 1.96. The zero-order valence-electron chi connectivity index (χ0n) is 18.0. The molecule has 0 amide bonds. The molecule has 0 unspecified atom stereocenters. The molecule has 32 heavy (non-hydrogen) atoms. The summed E-state index contributed by atoms with van der Waals surface area (Å²) in [5.74, 6) is 0. The first kappa shape index (κ1) is 18.6. The molecule has 1 aliphatic heterocycles.